The Morgan fingerprint density at radius 3 is 1.59 bits per heavy atom. The topological polar surface area (TPSA) is 135 Å². The molecule has 0 spiro atoms. The number of aliphatic hydroxyl groups is 4. The molecule has 1 rings (SSSR count). The van der Waals surface area contributed by atoms with Crippen LogP contribution in [0.5, 0.6) is 0 Å². The summed E-state index contributed by atoms with van der Waals surface area (Å²) in [4.78, 5) is 12.7. The molecule has 58 heavy (non-hydrogen) atoms. The lowest BCUT2D eigenvalue weighted by Crippen LogP contribution is -2.59. The number of aliphatic hydroxyl groups excluding tert-OH is 4. The van der Waals surface area contributed by atoms with E-state index in [9.17, 15) is 25.2 Å². The molecular weight excluding hydrogens is 733 g/mol. The molecule has 9 heteroatoms. The second-order valence-electron chi connectivity index (χ2n) is 15.8. The van der Waals surface area contributed by atoms with Crippen molar-refractivity contribution in [2.45, 2.75) is 218 Å². The van der Waals surface area contributed by atoms with Crippen LogP contribution >= 0.6 is 0 Å². The van der Waals surface area contributed by atoms with Crippen molar-refractivity contribution < 1.29 is 44.2 Å². The van der Waals surface area contributed by atoms with E-state index in [1.807, 2.05) is 12.2 Å². The zero-order chi connectivity index (χ0) is 42.2. The zero-order valence-electron chi connectivity index (χ0n) is 36.8. The fourth-order valence-corrected chi connectivity index (χ4v) is 6.79. The number of carbonyl (C=O) groups is 1. The molecule has 1 saturated heterocycles. The van der Waals surface area contributed by atoms with E-state index in [0.29, 0.717) is 13.0 Å². The van der Waals surface area contributed by atoms with Crippen LogP contribution in [-0.4, -0.2) is 89.6 Å². The van der Waals surface area contributed by atoms with Gasteiger partial charge in [-0.1, -0.05) is 171 Å². The summed E-state index contributed by atoms with van der Waals surface area (Å²) >= 11 is 0. The van der Waals surface area contributed by atoms with Gasteiger partial charge in [-0.05, 0) is 64.2 Å². The van der Waals surface area contributed by atoms with Gasteiger partial charge >= 0.3 is 5.97 Å². The van der Waals surface area contributed by atoms with Gasteiger partial charge < -0.3 is 39.4 Å². The minimum atomic E-state index is -1.55. The van der Waals surface area contributed by atoms with Crippen molar-refractivity contribution >= 4 is 5.97 Å². The van der Waals surface area contributed by atoms with E-state index in [-0.39, 0.29) is 19.6 Å². The highest BCUT2D eigenvalue weighted by atomic mass is 16.7. The third-order valence-electron chi connectivity index (χ3n) is 10.4. The Morgan fingerprint density at radius 1 is 0.569 bits per heavy atom. The molecule has 1 aliphatic heterocycles. The lowest BCUT2D eigenvalue weighted by molar-refractivity contribution is -0.305. The number of rotatable bonds is 39. The van der Waals surface area contributed by atoms with Crippen LogP contribution in [0.15, 0.2) is 60.8 Å². The minimum Gasteiger partial charge on any atom is -0.457 e. The average molecular weight is 819 g/mol. The first-order valence-electron chi connectivity index (χ1n) is 23.4. The first kappa shape index (κ1) is 53.9. The van der Waals surface area contributed by atoms with Crippen LogP contribution in [0, 0.1) is 0 Å². The number of esters is 1. The smallest absolute Gasteiger partial charge is 0.306 e. The molecule has 9 nitrogen and oxygen atoms in total. The number of carbonyl (C=O) groups excluding carboxylic acids is 1. The van der Waals surface area contributed by atoms with Gasteiger partial charge in [0.25, 0.3) is 0 Å². The Balaban J connectivity index is 2.24. The second-order valence-corrected chi connectivity index (χ2v) is 15.8. The van der Waals surface area contributed by atoms with E-state index in [4.69, 9.17) is 18.9 Å². The summed E-state index contributed by atoms with van der Waals surface area (Å²) in [6, 6.07) is 0. The molecule has 1 fully saturated rings. The first-order chi connectivity index (χ1) is 28.4. The SMILES string of the molecule is CC/C=C\C/C=C\C/C=C\C/C=C\CCC(=O)OC(COCCCCCCCCCCCC/C=C\CCCCCCCCCC)COC1OC(CO)C(O)C(O)C1O. The number of unbranched alkanes of at least 4 members (excludes halogenated alkanes) is 18. The summed E-state index contributed by atoms with van der Waals surface area (Å²) in [7, 11) is 0. The maximum Gasteiger partial charge on any atom is 0.306 e. The maximum absolute atomic E-state index is 12.7. The van der Waals surface area contributed by atoms with E-state index in [2.05, 4.69) is 62.5 Å². The standard InChI is InChI=1S/C49H86O9/c1-3-5-7-9-11-13-15-17-18-19-20-21-22-23-24-25-27-29-31-33-35-37-39-55-41-43(42-56-49-48(54)47(53)46(52)44(40-50)58-49)57-45(51)38-36-34-32-30-28-26-16-14-12-10-8-6-4-2/h6,8,12,14,19-20,26,28,32,34,43-44,46-50,52-54H,3-5,7,9-11,13,15-18,21-25,27,29-31,33,35-42H2,1-2H3/b8-6-,14-12-,20-19-,28-26-,34-32-. The Labute approximate surface area is 354 Å². The van der Waals surface area contributed by atoms with Gasteiger partial charge in [0.2, 0.25) is 0 Å². The molecule has 0 amide bonds. The number of hydrogen-bond acceptors (Lipinski definition) is 9. The van der Waals surface area contributed by atoms with Crippen molar-refractivity contribution in [1.29, 1.82) is 0 Å². The van der Waals surface area contributed by atoms with Gasteiger partial charge in [0.1, 0.15) is 30.5 Å². The first-order valence-corrected chi connectivity index (χ1v) is 23.4. The molecule has 0 aromatic carbocycles. The highest BCUT2D eigenvalue weighted by molar-refractivity contribution is 5.69. The van der Waals surface area contributed by atoms with E-state index >= 15 is 0 Å². The molecule has 6 atom stereocenters. The fraction of sp³-hybridized carbons (Fsp3) is 0.776. The molecule has 0 aliphatic carbocycles. The van der Waals surface area contributed by atoms with E-state index in [1.165, 1.54) is 116 Å². The summed E-state index contributed by atoms with van der Waals surface area (Å²) in [5.41, 5.74) is 0. The quantitative estimate of drug-likeness (QED) is 0.0272. The number of allylic oxidation sites excluding steroid dienone is 10. The van der Waals surface area contributed by atoms with Crippen molar-refractivity contribution in [2.24, 2.45) is 0 Å². The Hall–Kier alpha value is -2.11. The molecular formula is C49H86O9. The van der Waals surface area contributed by atoms with Crippen molar-refractivity contribution in [2.75, 3.05) is 26.4 Å². The normalized spacial score (nSPS) is 20.8. The molecule has 0 aromatic rings. The number of ether oxygens (including phenoxy) is 4. The van der Waals surface area contributed by atoms with Crippen LogP contribution < -0.4 is 0 Å². The molecule has 4 N–H and O–H groups in total. The van der Waals surface area contributed by atoms with Gasteiger partial charge in [0.15, 0.2) is 6.29 Å². The van der Waals surface area contributed by atoms with E-state index in [1.54, 1.807) is 0 Å². The minimum absolute atomic E-state index is 0.113. The van der Waals surface area contributed by atoms with Gasteiger partial charge in [-0.15, -0.1) is 0 Å². The third kappa shape index (κ3) is 30.9. The Bertz CT molecular complexity index is 1070. The maximum atomic E-state index is 12.7. The molecule has 0 aromatic heterocycles. The summed E-state index contributed by atoms with van der Waals surface area (Å²) in [5.74, 6) is -0.394. The van der Waals surface area contributed by atoms with Gasteiger partial charge in [0, 0.05) is 13.0 Å². The Kier molecular flexibility index (Phi) is 37.5. The van der Waals surface area contributed by atoms with Gasteiger partial charge in [0.05, 0.1) is 19.8 Å². The van der Waals surface area contributed by atoms with Crippen LogP contribution in [-0.2, 0) is 23.7 Å². The fourth-order valence-electron chi connectivity index (χ4n) is 6.79. The summed E-state index contributed by atoms with van der Waals surface area (Å²) < 4.78 is 22.7. The molecule has 336 valence electrons. The van der Waals surface area contributed by atoms with Crippen molar-refractivity contribution in [3.63, 3.8) is 0 Å². The monoisotopic (exact) mass is 819 g/mol. The lowest BCUT2D eigenvalue weighted by Gasteiger charge is -2.39. The molecule has 0 bridgehead atoms. The van der Waals surface area contributed by atoms with Gasteiger partial charge in [-0.25, -0.2) is 0 Å². The van der Waals surface area contributed by atoms with Crippen LogP contribution in [0.3, 0.4) is 0 Å². The molecule has 1 heterocycles. The van der Waals surface area contributed by atoms with E-state index in [0.717, 1.165) is 38.5 Å². The van der Waals surface area contributed by atoms with Crippen molar-refractivity contribution in [3.05, 3.63) is 60.8 Å². The summed E-state index contributed by atoms with van der Waals surface area (Å²) in [5, 5.41) is 40.1. The third-order valence-corrected chi connectivity index (χ3v) is 10.4. The summed E-state index contributed by atoms with van der Waals surface area (Å²) in [6.45, 7) is 4.35. The van der Waals surface area contributed by atoms with Crippen molar-refractivity contribution in [1.82, 2.24) is 0 Å². The second kappa shape index (κ2) is 40.3. The van der Waals surface area contributed by atoms with Crippen LogP contribution in [0.2, 0.25) is 0 Å². The van der Waals surface area contributed by atoms with Gasteiger partial charge in [-0.3, -0.25) is 4.79 Å². The van der Waals surface area contributed by atoms with Gasteiger partial charge in [-0.2, -0.15) is 0 Å². The average Bonchev–Trinajstić information content (AvgIpc) is 3.22. The highest BCUT2D eigenvalue weighted by Crippen LogP contribution is 2.22. The predicted octanol–water partition coefficient (Wildman–Crippen LogP) is 10.7. The molecule has 6 unspecified atom stereocenters. The number of hydrogen-bond donors (Lipinski definition) is 4. The predicted molar refractivity (Wildman–Crippen MR) is 238 cm³/mol. The van der Waals surface area contributed by atoms with Crippen LogP contribution in [0.25, 0.3) is 0 Å². The molecule has 0 radical (unpaired) electrons. The van der Waals surface area contributed by atoms with Crippen molar-refractivity contribution in [3.8, 4) is 0 Å². The summed E-state index contributed by atoms with van der Waals surface area (Å²) in [6.07, 6.45) is 44.2. The molecule has 1 aliphatic rings. The van der Waals surface area contributed by atoms with Crippen LogP contribution in [0.1, 0.15) is 181 Å². The highest BCUT2D eigenvalue weighted by Gasteiger charge is 2.44. The Morgan fingerprint density at radius 2 is 1.05 bits per heavy atom. The zero-order valence-corrected chi connectivity index (χ0v) is 36.8. The van der Waals surface area contributed by atoms with E-state index < -0.39 is 49.4 Å². The largest absolute Gasteiger partial charge is 0.457 e. The molecule has 0 saturated carbocycles. The lowest BCUT2D eigenvalue weighted by atomic mass is 9.99. The van der Waals surface area contributed by atoms with Crippen LogP contribution in [0.4, 0.5) is 0 Å².